The zero-order valence-corrected chi connectivity index (χ0v) is 14.4. The van der Waals surface area contributed by atoms with E-state index in [-0.39, 0.29) is 23.7 Å². The van der Waals surface area contributed by atoms with Crippen molar-refractivity contribution in [2.45, 2.75) is 25.6 Å². The van der Waals surface area contributed by atoms with Crippen LogP contribution in [0.25, 0.3) is 16.6 Å². The van der Waals surface area contributed by atoms with Crippen LogP contribution in [0.2, 0.25) is 0 Å². The summed E-state index contributed by atoms with van der Waals surface area (Å²) in [7, 11) is 0. The highest BCUT2D eigenvalue weighted by Crippen LogP contribution is 2.28. The zero-order chi connectivity index (χ0) is 19.1. The number of hydrogen-bond acceptors (Lipinski definition) is 6. The molecule has 3 N–H and O–H groups in total. The van der Waals surface area contributed by atoms with E-state index in [9.17, 15) is 14.0 Å². The number of ether oxygens (including phenoxy) is 1. The van der Waals surface area contributed by atoms with Gasteiger partial charge in [-0.1, -0.05) is 6.92 Å². The van der Waals surface area contributed by atoms with E-state index in [0.717, 1.165) is 0 Å². The van der Waals surface area contributed by atoms with Crippen molar-refractivity contribution in [1.29, 1.82) is 0 Å². The van der Waals surface area contributed by atoms with Crippen LogP contribution in [0.5, 0.6) is 5.88 Å². The molecule has 0 radical (unpaired) electrons. The second-order valence-corrected chi connectivity index (χ2v) is 6.37. The predicted molar refractivity (Wildman–Crippen MR) is 92.9 cm³/mol. The van der Waals surface area contributed by atoms with Gasteiger partial charge in [-0.25, -0.2) is 18.9 Å². The predicted octanol–water partition coefficient (Wildman–Crippen LogP) is 0.618. The van der Waals surface area contributed by atoms with Gasteiger partial charge in [-0.3, -0.25) is 9.59 Å². The van der Waals surface area contributed by atoms with E-state index in [2.05, 4.69) is 20.4 Å². The molecule has 4 heterocycles. The molecular weight excluding hydrogens is 355 g/mol. The molecule has 4 rings (SSSR count). The van der Waals surface area contributed by atoms with E-state index < -0.39 is 29.9 Å². The number of alkyl halides is 1. The Kier molecular flexibility index (Phi) is 4.09. The van der Waals surface area contributed by atoms with Crippen LogP contribution in [-0.4, -0.2) is 50.2 Å². The van der Waals surface area contributed by atoms with Crippen molar-refractivity contribution in [2.75, 3.05) is 6.61 Å². The maximum Gasteiger partial charge on any atom is 0.255 e. The molecule has 1 aliphatic heterocycles. The average Bonchev–Trinajstić information content (AvgIpc) is 3.24. The van der Waals surface area contributed by atoms with Gasteiger partial charge in [-0.15, -0.1) is 0 Å². The summed E-state index contributed by atoms with van der Waals surface area (Å²) in [4.78, 5) is 31.6. The molecule has 10 heteroatoms. The number of halogens is 1. The second-order valence-electron chi connectivity index (χ2n) is 6.37. The van der Waals surface area contributed by atoms with Gasteiger partial charge in [0.1, 0.15) is 18.5 Å². The fraction of sp³-hybridized carbons (Fsp3) is 0.353. The van der Waals surface area contributed by atoms with Crippen LogP contribution in [-0.2, 0) is 4.79 Å². The molecule has 27 heavy (non-hydrogen) atoms. The minimum Gasteiger partial charge on any atom is -0.474 e. The molecule has 3 atom stereocenters. The Labute approximate surface area is 152 Å². The van der Waals surface area contributed by atoms with Gasteiger partial charge < -0.3 is 15.8 Å². The fourth-order valence-electron chi connectivity index (χ4n) is 3.47. The van der Waals surface area contributed by atoms with E-state index >= 15 is 0 Å². The topological polar surface area (TPSA) is 124 Å². The molecular formula is C17H17FN6O3. The van der Waals surface area contributed by atoms with Crippen LogP contribution in [0.15, 0.2) is 24.7 Å². The van der Waals surface area contributed by atoms with Gasteiger partial charge in [-0.2, -0.15) is 5.10 Å². The third-order valence-corrected chi connectivity index (χ3v) is 4.83. The number of rotatable bonds is 5. The monoisotopic (exact) mass is 372 g/mol. The Hall–Kier alpha value is -3.30. The van der Waals surface area contributed by atoms with Gasteiger partial charge in [0.05, 0.1) is 11.6 Å². The van der Waals surface area contributed by atoms with Gasteiger partial charge >= 0.3 is 0 Å². The summed E-state index contributed by atoms with van der Waals surface area (Å²) < 4.78 is 21.2. The first-order valence-corrected chi connectivity index (χ1v) is 8.49. The summed E-state index contributed by atoms with van der Waals surface area (Å²) in [6.45, 7) is 1.88. The molecule has 0 saturated carbocycles. The highest BCUT2D eigenvalue weighted by atomic mass is 19.1. The number of hydrogen-bond donors (Lipinski definition) is 2. The summed E-state index contributed by atoms with van der Waals surface area (Å²) in [5.41, 5.74) is 6.44. The zero-order valence-electron chi connectivity index (χ0n) is 14.4. The molecule has 9 nitrogen and oxygen atoms in total. The number of nitrogens with one attached hydrogen (secondary N) is 1. The third kappa shape index (κ3) is 2.73. The SMILES string of the molecule is CC[C@@H]1[C@H](F)C(=O)N[C@@H]1COc1nccc2cc(C(N)=O)c3ncnn3c12. The Morgan fingerprint density at radius 1 is 1.44 bits per heavy atom. The van der Waals surface area contributed by atoms with Crippen LogP contribution < -0.4 is 15.8 Å². The van der Waals surface area contributed by atoms with Crippen molar-refractivity contribution in [1.82, 2.24) is 24.9 Å². The number of amides is 2. The Balaban J connectivity index is 1.72. The number of nitrogens with two attached hydrogens (primary N) is 1. The largest absolute Gasteiger partial charge is 0.474 e. The normalized spacial score (nSPS) is 22.3. The molecule has 0 aromatic carbocycles. The smallest absolute Gasteiger partial charge is 0.255 e. The molecule has 3 aromatic rings. The molecule has 0 aliphatic carbocycles. The molecule has 140 valence electrons. The van der Waals surface area contributed by atoms with Crippen LogP contribution >= 0.6 is 0 Å². The first kappa shape index (κ1) is 17.1. The average molecular weight is 372 g/mol. The van der Waals surface area contributed by atoms with Crippen molar-refractivity contribution in [3.8, 4) is 5.88 Å². The van der Waals surface area contributed by atoms with E-state index in [1.807, 2.05) is 6.92 Å². The fourth-order valence-corrected chi connectivity index (χ4v) is 3.47. The minimum atomic E-state index is -1.54. The summed E-state index contributed by atoms with van der Waals surface area (Å²) >= 11 is 0. The standard InChI is InChI=1S/C17H17FN6O3/c1-2-9-11(23-16(26)12(9)18)6-27-17-13-8(3-4-20-17)5-10(14(19)25)15-21-7-22-24(13)15/h3-5,7,9,11-12H,2,6H2,1H3,(H2,19,25)(H,23,26)/t9-,11+,12-/m0/s1. The van der Waals surface area contributed by atoms with Crippen LogP contribution in [0.3, 0.4) is 0 Å². The third-order valence-electron chi connectivity index (χ3n) is 4.83. The molecule has 0 spiro atoms. The van der Waals surface area contributed by atoms with Gasteiger partial charge in [0, 0.05) is 17.5 Å². The van der Waals surface area contributed by atoms with Crippen molar-refractivity contribution >= 4 is 28.4 Å². The lowest BCUT2D eigenvalue weighted by Crippen LogP contribution is -2.35. The summed E-state index contributed by atoms with van der Waals surface area (Å²) in [5, 5.41) is 7.39. The number of fused-ring (bicyclic) bond motifs is 3. The van der Waals surface area contributed by atoms with Crippen molar-refractivity contribution < 1.29 is 18.7 Å². The lowest BCUT2D eigenvalue weighted by atomic mass is 9.97. The maximum absolute atomic E-state index is 13.9. The van der Waals surface area contributed by atoms with E-state index in [1.54, 1.807) is 12.1 Å². The molecule has 1 saturated heterocycles. The molecule has 0 bridgehead atoms. The Bertz CT molecular complexity index is 1050. The summed E-state index contributed by atoms with van der Waals surface area (Å²) in [6.07, 6.45) is 1.79. The number of pyridine rings is 2. The van der Waals surface area contributed by atoms with Crippen LogP contribution in [0.4, 0.5) is 4.39 Å². The number of primary amides is 1. The van der Waals surface area contributed by atoms with Gasteiger partial charge in [0.25, 0.3) is 11.8 Å². The molecule has 2 amide bonds. The van der Waals surface area contributed by atoms with Gasteiger partial charge in [0.2, 0.25) is 5.88 Å². The lowest BCUT2D eigenvalue weighted by molar-refractivity contribution is -0.123. The van der Waals surface area contributed by atoms with Crippen molar-refractivity contribution in [3.63, 3.8) is 0 Å². The number of carbonyl (C=O) groups is 2. The Morgan fingerprint density at radius 3 is 3.00 bits per heavy atom. The maximum atomic E-state index is 13.9. The first-order chi connectivity index (χ1) is 13.0. The quantitative estimate of drug-likeness (QED) is 0.676. The number of aromatic nitrogens is 4. The summed E-state index contributed by atoms with van der Waals surface area (Å²) in [5.74, 6) is -1.46. The van der Waals surface area contributed by atoms with Crippen LogP contribution in [0, 0.1) is 5.92 Å². The summed E-state index contributed by atoms with van der Waals surface area (Å²) in [6, 6.07) is 2.84. The van der Waals surface area contributed by atoms with Crippen molar-refractivity contribution in [3.05, 3.63) is 30.2 Å². The van der Waals surface area contributed by atoms with E-state index in [4.69, 9.17) is 10.5 Å². The lowest BCUT2D eigenvalue weighted by Gasteiger charge is -2.18. The van der Waals surface area contributed by atoms with Crippen LogP contribution in [0.1, 0.15) is 23.7 Å². The first-order valence-electron chi connectivity index (χ1n) is 8.49. The minimum absolute atomic E-state index is 0.0601. The molecule has 1 aliphatic rings. The molecule has 0 unspecified atom stereocenters. The van der Waals surface area contributed by atoms with E-state index in [1.165, 1.54) is 17.0 Å². The van der Waals surface area contributed by atoms with Crippen molar-refractivity contribution in [2.24, 2.45) is 11.7 Å². The van der Waals surface area contributed by atoms with Gasteiger partial charge in [0.15, 0.2) is 11.8 Å². The highest BCUT2D eigenvalue weighted by molar-refractivity contribution is 6.03. The number of nitrogens with zero attached hydrogens (tertiary/aromatic N) is 4. The highest BCUT2D eigenvalue weighted by Gasteiger charge is 2.41. The second kappa shape index (κ2) is 6.45. The molecule has 3 aromatic heterocycles. The van der Waals surface area contributed by atoms with Gasteiger partial charge in [-0.05, 0) is 18.6 Å². The number of carbonyl (C=O) groups excluding carboxylic acids is 2. The molecule has 1 fully saturated rings. The van der Waals surface area contributed by atoms with E-state index in [0.29, 0.717) is 17.3 Å². The Morgan fingerprint density at radius 2 is 2.26 bits per heavy atom.